The number of nitrogens with one attached hydrogen (secondary N) is 1. The van der Waals surface area contributed by atoms with Gasteiger partial charge in [0.1, 0.15) is 0 Å². The number of carbonyl (C=O) groups is 1. The van der Waals surface area contributed by atoms with E-state index >= 15 is 0 Å². The molecule has 3 rings (SSSR count). The molecule has 3 atom stereocenters. The number of carbonyl (C=O) groups excluding carboxylic acids is 1. The van der Waals surface area contributed by atoms with E-state index in [0.29, 0.717) is 36.2 Å². The van der Waals surface area contributed by atoms with Gasteiger partial charge < -0.3 is 10.2 Å². The highest BCUT2D eigenvalue weighted by molar-refractivity contribution is 5.77. The van der Waals surface area contributed by atoms with Crippen molar-refractivity contribution in [3.8, 4) is 0 Å². The van der Waals surface area contributed by atoms with E-state index in [1.54, 1.807) is 0 Å². The van der Waals surface area contributed by atoms with Crippen LogP contribution in [0.3, 0.4) is 0 Å². The summed E-state index contributed by atoms with van der Waals surface area (Å²) in [6.45, 7) is 8.79. The molecule has 4 nitrogen and oxygen atoms in total. The van der Waals surface area contributed by atoms with Gasteiger partial charge in [0.2, 0.25) is 5.91 Å². The number of hydrogen-bond acceptors (Lipinski definition) is 3. The van der Waals surface area contributed by atoms with Gasteiger partial charge in [-0.2, -0.15) is 0 Å². The van der Waals surface area contributed by atoms with Crippen LogP contribution in [-0.4, -0.2) is 54.5 Å². The molecule has 2 saturated heterocycles. The Balaban J connectivity index is 1.56. The highest BCUT2D eigenvalue weighted by Gasteiger charge is 2.36. The summed E-state index contributed by atoms with van der Waals surface area (Å²) in [7, 11) is 2.02. The molecule has 1 amide bonds. The molecule has 25 heavy (non-hydrogen) atoms. The minimum Gasteiger partial charge on any atom is -0.342 e. The largest absolute Gasteiger partial charge is 0.342 e. The minimum atomic E-state index is 0.305. The van der Waals surface area contributed by atoms with E-state index < -0.39 is 0 Å². The van der Waals surface area contributed by atoms with Crippen molar-refractivity contribution in [1.82, 2.24) is 15.1 Å². The smallest absolute Gasteiger partial charge is 0.224 e. The fraction of sp³-hybridized carbons (Fsp3) is 0.667. The third-order valence-electron chi connectivity index (χ3n) is 5.93. The summed E-state index contributed by atoms with van der Waals surface area (Å²) in [5.74, 6) is 1.30. The van der Waals surface area contributed by atoms with Gasteiger partial charge in [-0.15, -0.1) is 0 Å². The molecular formula is C21H33N3O. The monoisotopic (exact) mass is 343 g/mol. The van der Waals surface area contributed by atoms with Crippen molar-refractivity contribution < 1.29 is 4.79 Å². The molecule has 2 aliphatic heterocycles. The molecular weight excluding hydrogens is 310 g/mol. The number of nitrogens with zero attached hydrogens (tertiary/aromatic N) is 2. The van der Waals surface area contributed by atoms with Gasteiger partial charge in [0, 0.05) is 45.2 Å². The van der Waals surface area contributed by atoms with Crippen LogP contribution in [0, 0.1) is 11.8 Å². The van der Waals surface area contributed by atoms with Crippen LogP contribution >= 0.6 is 0 Å². The Morgan fingerprint density at radius 1 is 1.20 bits per heavy atom. The van der Waals surface area contributed by atoms with Crippen LogP contribution in [0.1, 0.15) is 38.7 Å². The molecule has 4 heteroatoms. The first-order valence-electron chi connectivity index (χ1n) is 9.80. The van der Waals surface area contributed by atoms with Crippen molar-refractivity contribution in [3.63, 3.8) is 0 Å². The number of hydrogen-bond donors (Lipinski definition) is 1. The molecule has 138 valence electrons. The number of piperidine rings is 1. The predicted octanol–water partition coefficient (Wildman–Crippen LogP) is 2.74. The van der Waals surface area contributed by atoms with E-state index in [-0.39, 0.29) is 0 Å². The van der Waals surface area contributed by atoms with Crippen LogP contribution < -0.4 is 5.32 Å². The molecule has 2 aliphatic rings. The van der Waals surface area contributed by atoms with Crippen LogP contribution in [-0.2, 0) is 11.3 Å². The van der Waals surface area contributed by atoms with E-state index in [2.05, 4.69) is 59.3 Å². The number of benzene rings is 1. The number of amides is 1. The lowest BCUT2D eigenvalue weighted by molar-refractivity contribution is -0.136. The average molecular weight is 344 g/mol. The van der Waals surface area contributed by atoms with Gasteiger partial charge in [-0.05, 0) is 36.8 Å². The number of likely N-dealkylation sites (tertiary alicyclic amines) is 1. The molecule has 0 saturated carbocycles. The van der Waals surface area contributed by atoms with Crippen molar-refractivity contribution >= 4 is 5.91 Å². The summed E-state index contributed by atoms with van der Waals surface area (Å²) in [6.07, 6.45) is 2.99. The summed E-state index contributed by atoms with van der Waals surface area (Å²) in [5.41, 5.74) is 1.37. The molecule has 1 N–H and O–H groups in total. The quantitative estimate of drug-likeness (QED) is 0.893. The third-order valence-corrected chi connectivity index (χ3v) is 5.93. The lowest BCUT2D eigenvalue weighted by atomic mass is 9.84. The average Bonchev–Trinajstić information content (AvgIpc) is 3.08. The fourth-order valence-corrected chi connectivity index (χ4v) is 4.85. The summed E-state index contributed by atoms with van der Waals surface area (Å²) < 4.78 is 0. The fourth-order valence-electron chi connectivity index (χ4n) is 4.85. The van der Waals surface area contributed by atoms with E-state index in [4.69, 9.17) is 0 Å². The van der Waals surface area contributed by atoms with Gasteiger partial charge in [-0.25, -0.2) is 0 Å². The topological polar surface area (TPSA) is 35.6 Å². The Kier molecular flexibility index (Phi) is 6.13. The summed E-state index contributed by atoms with van der Waals surface area (Å²) in [6, 6.07) is 11.4. The molecule has 2 heterocycles. The van der Waals surface area contributed by atoms with Crippen molar-refractivity contribution in [3.05, 3.63) is 35.9 Å². The summed E-state index contributed by atoms with van der Waals surface area (Å²) in [4.78, 5) is 17.3. The molecule has 0 aliphatic carbocycles. The molecule has 1 aromatic carbocycles. The highest BCUT2D eigenvalue weighted by atomic mass is 16.2. The number of rotatable bonds is 5. The Morgan fingerprint density at radius 2 is 1.88 bits per heavy atom. The molecule has 0 radical (unpaired) electrons. The zero-order valence-corrected chi connectivity index (χ0v) is 15.9. The molecule has 0 bridgehead atoms. The van der Waals surface area contributed by atoms with Crippen molar-refractivity contribution in [2.75, 3.05) is 26.7 Å². The summed E-state index contributed by atoms with van der Waals surface area (Å²) >= 11 is 0. The van der Waals surface area contributed by atoms with Crippen LogP contribution in [0.15, 0.2) is 30.3 Å². The van der Waals surface area contributed by atoms with Gasteiger partial charge in [-0.3, -0.25) is 9.69 Å². The van der Waals surface area contributed by atoms with E-state index in [9.17, 15) is 4.79 Å². The highest BCUT2D eigenvalue weighted by Crippen LogP contribution is 2.28. The van der Waals surface area contributed by atoms with Gasteiger partial charge in [0.15, 0.2) is 0 Å². The van der Waals surface area contributed by atoms with Crippen LogP contribution in [0.25, 0.3) is 0 Å². The van der Waals surface area contributed by atoms with Crippen LogP contribution in [0.4, 0.5) is 0 Å². The maximum atomic E-state index is 12.7. The van der Waals surface area contributed by atoms with Crippen molar-refractivity contribution in [2.45, 2.75) is 51.7 Å². The van der Waals surface area contributed by atoms with E-state index in [1.165, 1.54) is 12.0 Å². The first-order valence-corrected chi connectivity index (χ1v) is 9.80. The molecule has 1 aromatic rings. The molecule has 0 aromatic heterocycles. The van der Waals surface area contributed by atoms with Crippen molar-refractivity contribution in [2.24, 2.45) is 11.8 Å². The zero-order valence-electron chi connectivity index (χ0n) is 15.9. The standard InChI is InChI=1S/C21H33N3O/c1-16-13-24(15-18-8-5-4-6-9-18)14-17(2)21(16)23(3)20(25)12-19-10-7-11-22-19/h4-6,8-9,16-17,19,21-22H,7,10-15H2,1-3H3. The van der Waals surface area contributed by atoms with E-state index in [1.807, 2.05) is 7.05 Å². The van der Waals surface area contributed by atoms with Gasteiger partial charge in [-0.1, -0.05) is 44.2 Å². The maximum absolute atomic E-state index is 12.7. The second-order valence-electron chi connectivity index (χ2n) is 8.13. The Bertz CT molecular complexity index is 544. The SMILES string of the molecule is CC1CN(Cc2ccccc2)CC(C)C1N(C)C(=O)CC1CCCN1. The molecule has 2 fully saturated rings. The van der Waals surface area contributed by atoms with Gasteiger partial charge >= 0.3 is 0 Å². The first kappa shape index (κ1) is 18.4. The Morgan fingerprint density at radius 3 is 2.48 bits per heavy atom. The molecule has 0 spiro atoms. The van der Waals surface area contributed by atoms with Crippen molar-refractivity contribution in [1.29, 1.82) is 0 Å². The normalized spacial score (nSPS) is 30.4. The minimum absolute atomic E-state index is 0.305. The van der Waals surface area contributed by atoms with Crippen LogP contribution in [0.2, 0.25) is 0 Å². The second kappa shape index (κ2) is 8.33. The van der Waals surface area contributed by atoms with Gasteiger partial charge in [0.25, 0.3) is 0 Å². The summed E-state index contributed by atoms with van der Waals surface area (Å²) in [5, 5.41) is 3.45. The third kappa shape index (κ3) is 4.62. The lowest BCUT2D eigenvalue weighted by Gasteiger charge is -2.45. The second-order valence-corrected chi connectivity index (χ2v) is 8.13. The zero-order chi connectivity index (χ0) is 17.8. The maximum Gasteiger partial charge on any atom is 0.224 e. The van der Waals surface area contributed by atoms with Gasteiger partial charge in [0.05, 0.1) is 0 Å². The first-order chi connectivity index (χ1) is 12.0. The Labute approximate surface area is 152 Å². The Hall–Kier alpha value is -1.39. The van der Waals surface area contributed by atoms with Crippen LogP contribution in [0.5, 0.6) is 0 Å². The predicted molar refractivity (Wildman–Crippen MR) is 102 cm³/mol. The lowest BCUT2D eigenvalue weighted by Crippen LogP contribution is -2.55. The molecule has 3 unspecified atom stereocenters. The van der Waals surface area contributed by atoms with E-state index in [0.717, 1.165) is 32.6 Å².